The van der Waals surface area contributed by atoms with Gasteiger partial charge in [0.1, 0.15) is 11.8 Å². The summed E-state index contributed by atoms with van der Waals surface area (Å²) in [6, 6.07) is 5.53. The molecule has 1 aromatic rings. The quantitative estimate of drug-likeness (QED) is 0.703. The van der Waals surface area contributed by atoms with Crippen LogP contribution in [0.2, 0.25) is 0 Å². The molecule has 1 heterocycles. The molecule has 2 rings (SSSR count). The Bertz CT molecular complexity index is 716. The number of esters is 1. The van der Waals surface area contributed by atoms with E-state index in [1.54, 1.807) is 24.3 Å². The van der Waals surface area contributed by atoms with Gasteiger partial charge >= 0.3 is 5.97 Å². The first kappa shape index (κ1) is 18.2. The van der Waals surface area contributed by atoms with Crippen molar-refractivity contribution in [2.24, 2.45) is 0 Å². The van der Waals surface area contributed by atoms with E-state index in [0.717, 1.165) is 10.6 Å². The van der Waals surface area contributed by atoms with Crippen LogP contribution in [-0.2, 0) is 19.6 Å². The molecule has 9 heteroatoms. The number of rotatable bonds is 4. The van der Waals surface area contributed by atoms with Crippen LogP contribution in [0.1, 0.15) is 10.4 Å². The highest BCUT2D eigenvalue weighted by molar-refractivity contribution is 7.88. The molecule has 0 aromatic heterocycles. The van der Waals surface area contributed by atoms with E-state index in [0.29, 0.717) is 11.3 Å². The van der Waals surface area contributed by atoms with Gasteiger partial charge in [-0.1, -0.05) is 0 Å². The molecule has 0 radical (unpaired) electrons. The third kappa shape index (κ3) is 3.85. The zero-order valence-corrected chi connectivity index (χ0v) is 14.6. The molecule has 0 N–H and O–H groups in total. The fourth-order valence-electron chi connectivity index (χ4n) is 2.59. The first-order valence-corrected chi connectivity index (χ1v) is 9.10. The van der Waals surface area contributed by atoms with Gasteiger partial charge in [-0.2, -0.15) is 4.31 Å². The fraction of sp³-hybridized carbons (Fsp3) is 0.467. The van der Waals surface area contributed by atoms with Crippen LogP contribution in [0.3, 0.4) is 0 Å². The molecule has 24 heavy (non-hydrogen) atoms. The molecule has 1 saturated heterocycles. The summed E-state index contributed by atoms with van der Waals surface area (Å²) in [5.74, 6) is -0.340. The summed E-state index contributed by atoms with van der Waals surface area (Å²) in [5, 5.41) is 0. The standard InChI is InChI=1S/C15H20N2O6S/c1-22-12-6-4-11(5-7-12)14(18)16-8-9-17(24(3,20)21)13(10-16)15(19)23-2/h4-7,13H,8-10H2,1-3H3/t13-/m1/s1. The Morgan fingerprint density at radius 3 is 2.25 bits per heavy atom. The largest absolute Gasteiger partial charge is 0.497 e. The maximum absolute atomic E-state index is 12.6. The Morgan fingerprint density at radius 1 is 1.12 bits per heavy atom. The minimum absolute atomic E-state index is 0.0422. The number of ether oxygens (including phenoxy) is 2. The highest BCUT2D eigenvalue weighted by Gasteiger charge is 2.39. The number of amides is 1. The molecule has 0 unspecified atom stereocenters. The van der Waals surface area contributed by atoms with Gasteiger partial charge in [0.15, 0.2) is 0 Å². The van der Waals surface area contributed by atoms with Crippen molar-refractivity contribution in [3.05, 3.63) is 29.8 Å². The van der Waals surface area contributed by atoms with Crippen molar-refractivity contribution in [2.45, 2.75) is 6.04 Å². The number of nitrogens with zero attached hydrogens (tertiary/aromatic N) is 2. The first-order chi connectivity index (χ1) is 11.3. The normalized spacial score (nSPS) is 19.0. The zero-order valence-electron chi connectivity index (χ0n) is 13.8. The van der Waals surface area contributed by atoms with Crippen LogP contribution >= 0.6 is 0 Å². The van der Waals surface area contributed by atoms with E-state index in [9.17, 15) is 18.0 Å². The highest BCUT2D eigenvalue weighted by atomic mass is 32.2. The molecule has 1 amide bonds. The van der Waals surface area contributed by atoms with E-state index in [2.05, 4.69) is 4.74 Å². The van der Waals surface area contributed by atoms with E-state index in [1.807, 2.05) is 0 Å². The molecule has 0 spiro atoms. The third-order valence-electron chi connectivity index (χ3n) is 3.85. The van der Waals surface area contributed by atoms with Crippen molar-refractivity contribution in [1.82, 2.24) is 9.21 Å². The average Bonchev–Trinajstić information content (AvgIpc) is 2.59. The van der Waals surface area contributed by atoms with Crippen LogP contribution in [0.5, 0.6) is 5.75 Å². The van der Waals surface area contributed by atoms with Crippen molar-refractivity contribution >= 4 is 21.9 Å². The van der Waals surface area contributed by atoms with Crippen molar-refractivity contribution in [3.8, 4) is 5.75 Å². The molecule has 1 aromatic carbocycles. The molecule has 0 aliphatic carbocycles. The van der Waals surface area contributed by atoms with E-state index >= 15 is 0 Å². The van der Waals surface area contributed by atoms with Crippen LogP contribution in [-0.4, -0.2) is 75.7 Å². The van der Waals surface area contributed by atoms with Crippen molar-refractivity contribution < 1.29 is 27.5 Å². The van der Waals surface area contributed by atoms with Gasteiger partial charge < -0.3 is 14.4 Å². The van der Waals surface area contributed by atoms with Crippen LogP contribution in [0, 0.1) is 0 Å². The summed E-state index contributed by atoms with van der Waals surface area (Å²) < 4.78 is 34.5. The summed E-state index contributed by atoms with van der Waals surface area (Å²) in [6.07, 6.45) is 1.03. The predicted molar refractivity (Wildman–Crippen MR) is 86.3 cm³/mol. The van der Waals surface area contributed by atoms with Crippen LogP contribution < -0.4 is 4.74 Å². The summed E-state index contributed by atoms with van der Waals surface area (Å²) in [5.41, 5.74) is 0.437. The lowest BCUT2D eigenvalue weighted by atomic mass is 10.1. The smallest absolute Gasteiger partial charge is 0.326 e. The van der Waals surface area contributed by atoms with Crippen molar-refractivity contribution in [1.29, 1.82) is 0 Å². The van der Waals surface area contributed by atoms with E-state index < -0.39 is 22.0 Å². The molecule has 1 fully saturated rings. The summed E-state index contributed by atoms with van der Waals surface area (Å²) in [7, 11) is -0.857. The third-order valence-corrected chi connectivity index (χ3v) is 5.14. The second-order valence-electron chi connectivity index (χ2n) is 5.39. The number of benzene rings is 1. The number of carbonyl (C=O) groups excluding carboxylic acids is 2. The Labute approximate surface area is 141 Å². The van der Waals surface area contributed by atoms with Gasteiger partial charge in [-0.15, -0.1) is 0 Å². The monoisotopic (exact) mass is 356 g/mol. The molecular weight excluding hydrogens is 336 g/mol. The molecule has 8 nitrogen and oxygen atoms in total. The van der Waals surface area contributed by atoms with Crippen LogP contribution in [0.25, 0.3) is 0 Å². The molecule has 132 valence electrons. The Hall–Kier alpha value is -2.13. The lowest BCUT2D eigenvalue weighted by Gasteiger charge is -2.38. The second-order valence-corrected chi connectivity index (χ2v) is 7.33. The van der Waals surface area contributed by atoms with Gasteiger partial charge in [0.2, 0.25) is 10.0 Å². The summed E-state index contributed by atoms with van der Waals surface area (Å²) >= 11 is 0. The lowest BCUT2D eigenvalue weighted by molar-refractivity contribution is -0.146. The first-order valence-electron chi connectivity index (χ1n) is 7.26. The van der Waals surface area contributed by atoms with E-state index in [-0.39, 0.29) is 25.5 Å². The van der Waals surface area contributed by atoms with Gasteiger partial charge in [0.05, 0.1) is 20.5 Å². The van der Waals surface area contributed by atoms with Gasteiger partial charge in [0, 0.05) is 25.2 Å². The van der Waals surface area contributed by atoms with Crippen LogP contribution in [0.15, 0.2) is 24.3 Å². The zero-order chi connectivity index (χ0) is 17.9. The summed E-state index contributed by atoms with van der Waals surface area (Å²) in [4.78, 5) is 26.0. The predicted octanol–water partition coefficient (Wildman–Crippen LogP) is -0.0458. The lowest BCUT2D eigenvalue weighted by Crippen LogP contribution is -2.59. The van der Waals surface area contributed by atoms with Gasteiger partial charge in [-0.3, -0.25) is 9.59 Å². The van der Waals surface area contributed by atoms with Gasteiger partial charge in [-0.25, -0.2) is 8.42 Å². The molecule has 0 saturated carbocycles. The number of hydrogen-bond acceptors (Lipinski definition) is 6. The molecule has 0 bridgehead atoms. The topological polar surface area (TPSA) is 93.2 Å². The number of sulfonamides is 1. The van der Waals surface area contributed by atoms with E-state index in [4.69, 9.17) is 4.74 Å². The molecule has 1 aliphatic rings. The number of piperazine rings is 1. The second kappa shape index (κ2) is 7.18. The molecule has 1 aliphatic heterocycles. The Balaban J connectivity index is 2.20. The minimum Gasteiger partial charge on any atom is -0.497 e. The minimum atomic E-state index is -3.57. The Morgan fingerprint density at radius 2 is 1.75 bits per heavy atom. The Kier molecular flexibility index (Phi) is 5.45. The highest BCUT2D eigenvalue weighted by Crippen LogP contribution is 2.18. The van der Waals surface area contributed by atoms with Gasteiger partial charge in [0.25, 0.3) is 5.91 Å². The summed E-state index contributed by atoms with van der Waals surface area (Å²) in [6.45, 7) is 0.191. The average molecular weight is 356 g/mol. The number of methoxy groups -OCH3 is 2. The molecular formula is C15H20N2O6S. The SMILES string of the molecule is COC(=O)[C@H]1CN(C(=O)c2ccc(OC)cc2)CCN1S(C)(=O)=O. The fourth-order valence-corrected chi connectivity index (χ4v) is 3.62. The van der Waals surface area contributed by atoms with Crippen molar-refractivity contribution in [2.75, 3.05) is 40.1 Å². The maximum atomic E-state index is 12.6. The number of hydrogen-bond donors (Lipinski definition) is 0. The number of carbonyl (C=O) groups is 2. The van der Waals surface area contributed by atoms with E-state index in [1.165, 1.54) is 19.1 Å². The molecule has 1 atom stereocenters. The van der Waals surface area contributed by atoms with Crippen molar-refractivity contribution in [3.63, 3.8) is 0 Å². The van der Waals surface area contributed by atoms with Gasteiger partial charge in [-0.05, 0) is 24.3 Å². The van der Waals surface area contributed by atoms with Crippen LogP contribution in [0.4, 0.5) is 0 Å². The maximum Gasteiger partial charge on any atom is 0.326 e.